The van der Waals surface area contributed by atoms with Crippen LogP contribution < -0.4 is 15.0 Å². The van der Waals surface area contributed by atoms with Crippen molar-refractivity contribution >= 4 is 58.0 Å². The zero-order chi connectivity index (χ0) is 25.9. The Hall–Kier alpha value is -2.93. The predicted molar refractivity (Wildman–Crippen MR) is 146 cm³/mol. The highest BCUT2D eigenvalue weighted by molar-refractivity contribution is 6.33. The molecule has 0 unspecified atom stereocenters. The van der Waals surface area contributed by atoms with E-state index in [1.165, 1.54) is 0 Å². The maximum atomic E-state index is 12.9. The molecule has 6 nitrogen and oxygen atoms in total. The average molecular weight is 547 g/mol. The first-order valence-corrected chi connectivity index (χ1v) is 12.6. The lowest BCUT2D eigenvalue weighted by molar-refractivity contribution is -0.128. The number of hydrogen-bond donors (Lipinski definition) is 1. The van der Waals surface area contributed by atoms with E-state index in [1.807, 2.05) is 17.0 Å². The van der Waals surface area contributed by atoms with Crippen LogP contribution in [0, 0.1) is 0 Å². The molecule has 1 fully saturated rings. The number of halogens is 3. The molecule has 0 radical (unpaired) electrons. The summed E-state index contributed by atoms with van der Waals surface area (Å²) in [5.41, 5.74) is 0.920. The molecule has 3 aromatic rings. The molecule has 1 saturated heterocycles. The summed E-state index contributed by atoms with van der Waals surface area (Å²) >= 11 is 18.4. The summed E-state index contributed by atoms with van der Waals surface area (Å²) in [6, 6.07) is 19.2. The van der Waals surface area contributed by atoms with E-state index >= 15 is 0 Å². The van der Waals surface area contributed by atoms with Crippen LogP contribution in [-0.4, -0.2) is 48.5 Å². The molecule has 3 aromatic carbocycles. The molecule has 1 N–H and O–H groups in total. The highest BCUT2D eigenvalue weighted by Gasteiger charge is 2.30. The third-order valence-corrected chi connectivity index (χ3v) is 6.74. The van der Waals surface area contributed by atoms with Gasteiger partial charge >= 0.3 is 0 Å². The van der Waals surface area contributed by atoms with Crippen molar-refractivity contribution in [3.8, 4) is 5.75 Å². The van der Waals surface area contributed by atoms with Crippen molar-refractivity contribution in [2.45, 2.75) is 19.4 Å². The Balaban J connectivity index is 1.35. The van der Waals surface area contributed by atoms with Gasteiger partial charge in [-0.1, -0.05) is 34.8 Å². The quantitative estimate of drug-likeness (QED) is 0.388. The number of anilines is 2. The Labute approximate surface area is 225 Å². The number of carbonyl (C=O) groups excluding carboxylic acids is 2. The fourth-order valence-corrected chi connectivity index (χ4v) is 4.44. The number of nitrogens with zero attached hydrogens (tertiary/aromatic N) is 2. The number of benzene rings is 3. The minimum Gasteiger partial charge on any atom is -0.478 e. The maximum Gasteiger partial charge on any atom is 0.267 e. The monoisotopic (exact) mass is 545 g/mol. The van der Waals surface area contributed by atoms with Crippen molar-refractivity contribution in [2.75, 3.05) is 36.4 Å². The molecule has 1 aliphatic rings. The van der Waals surface area contributed by atoms with Gasteiger partial charge in [-0.15, -0.1) is 0 Å². The van der Waals surface area contributed by atoms with E-state index in [2.05, 4.69) is 10.2 Å². The van der Waals surface area contributed by atoms with E-state index in [4.69, 9.17) is 39.5 Å². The van der Waals surface area contributed by atoms with E-state index in [1.54, 1.807) is 68.4 Å². The van der Waals surface area contributed by atoms with Crippen molar-refractivity contribution in [3.63, 3.8) is 0 Å². The summed E-state index contributed by atoms with van der Waals surface area (Å²) in [5, 5.41) is 4.58. The molecule has 2 amide bonds. The van der Waals surface area contributed by atoms with Gasteiger partial charge in [-0.2, -0.15) is 0 Å². The van der Waals surface area contributed by atoms with E-state index in [0.29, 0.717) is 58.2 Å². The Kier molecular flexibility index (Phi) is 7.98. The lowest BCUT2D eigenvalue weighted by Crippen LogP contribution is -2.48. The van der Waals surface area contributed by atoms with Crippen LogP contribution in [0.15, 0.2) is 66.7 Å². The van der Waals surface area contributed by atoms with Gasteiger partial charge in [0.2, 0.25) is 0 Å². The zero-order valence-corrected chi connectivity index (χ0v) is 22.2. The van der Waals surface area contributed by atoms with Crippen molar-refractivity contribution in [1.82, 2.24) is 4.90 Å². The SMILES string of the molecule is CC(C)(Oc1ccc(Cl)cc1)C(=O)Nc1ccc(N2CCN(C(=O)c3ccc(Cl)cc3)CC2)c(Cl)c1. The molecule has 188 valence electrons. The standard InChI is InChI=1S/C27H26Cl3N3O3/c1-27(2,36-22-10-7-20(29)8-11-22)26(35)31-21-9-12-24(23(30)17-21)32-13-15-33(16-14-32)25(34)18-3-5-19(28)6-4-18/h3-12,17H,13-16H2,1-2H3,(H,31,35). The Bertz CT molecular complexity index is 1240. The molecule has 0 aromatic heterocycles. The van der Waals surface area contributed by atoms with Gasteiger partial charge in [-0.05, 0) is 80.6 Å². The summed E-state index contributed by atoms with van der Waals surface area (Å²) in [5.74, 6) is 0.219. The molecule has 9 heteroatoms. The molecule has 0 spiro atoms. The van der Waals surface area contributed by atoms with Gasteiger partial charge < -0.3 is 19.9 Å². The molecular weight excluding hydrogens is 521 g/mol. The Morgan fingerprint density at radius 2 is 1.42 bits per heavy atom. The second-order valence-corrected chi connectivity index (χ2v) is 10.3. The van der Waals surface area contributed by atoms with Crippen molar-refractivity contribution in [3.05, 3.63) is 87.4 Å². The molecule has 0 atom stereocenters. The van der Waals surface area contributed by atoms with Gasteiger partial charge in [-0.3, -0.25) is 9.59 Å². The van der Waals surface area contributed by atoms with E-state index < -0.39 is 5.60 Å². The highest BCUT2D eigenvalue weighted by atomic mass is 35.5. The molecule has 4 rings (SSSR count). The smallest absolute Gasteiger partial charge is 0.267 e. The average Bonchev–Trinajstić information content (AvgIpc) is 2.85. The van der Waals surface area contributed by atoms with Gasteiger partial charge in [0.15, 0.2) is 5.60 Å². The van der Waals surface area contributed by atoms with Crippen LogP contribution in [0.3, 0.4) is 0 Å². The number of amides is 2. The number of rotatable bonds is 6. The first kappa shape index (κ1) is 26.1. The number of ether oxygens (including phenoxy) is 1. The van der Waals surface area contributed by atoms with Gasteiger partial charge in [0.1, 0.15) is 5.75 Å². The number of carbonyl (C=O) groups is 2. The second-order valence-electron chi connectivity index (χ2n) is 8.97. The van der Waals surface area contributed by atoms with Crippen LogP contribution in [-0.2, 0) is 4.79 Å². The summed E-state index contributed by atoms with van der Waals surface area (Å²) in [6.45, 7) is 5.83. The molecule has 0 saturated carbocycles. The summed E-state index contributed by atoms with van der Waals surface area (Å²) < 4.78 is 5.86. The van der Waals surface area contributed by atoms with Crippen LogP contribution in [0.5, 0.6) is 5.75 Å². The normalized spacial score (nSPS) is 13.9. The third kappa shape index (κ3) is 6.25. The molecule has 1 heterocycles. The second kappa shape index (κ2) is 11.0. The first-order valence-electron chi connectivity index (χ1n) is 11.5. The van der Waals surface area contributed by atoms with Crippen molar-refractivity contribution < 1.29 is 14.3 Å². The van der Waals surface area contributed by atoms with Gasteiger partial charge in [0.25, 0.3) is 11.8 Å². The number of nitrogens with one attached hydrogen (secondary N) is 1. The van der Waals surface area contributed by atoms with E-state index in [-0.39, 0.29) is 11.8 Å². The van der Waals surface area contributed by atoms with E-state index in [9.17, 15) is 9.59 Å². The predicted octanol–water partition coefficient (Wildman–Crippen LogP) is 6.41. The minimum atomic E-state index is -1.12. The first-order chi connectivity index (χ1) is 17.1. The highest BCUT2D eigenvalue weighted by Crippen LogP contribution is 2.31. The lowest BCUT2D eigenvalue weighted by atomic mass is 10.1. The molecular formula is C27H26Cl3N3O3. The van der Waals surface area contributed by atoms with Crippen molar-refractivity contribution in [1.29, 1.82) is 0 Å². The van der Waals surface area contributed by atoms with Gasteiger partial charge in [0, 0.05) is 47.5 Å². The molecule has 0 aliphatic carbocycles. The summed E-state index contributed by atoms with van der Waals surface area (Å²) in [6.07, 6.45) is 0. The Morgan fingerprint density at radius 3 is 2.00 bits per heavy atom. The Morgan fingerprint density at radius 1 is 0.833 bits per heavy atom. The number of piperazine rings is 1. The van der Waals surface area contributed by atoms with E-state index in [0.717, 1.165) is 5.69 Å². The van der Waals surface area contributed by atoms with Crippen LogP contribution >= 0.6 is 34.8 Å². The maximum absolute atomic E-state index is 12.9. The summed E-state index contributed by atoms with van der Waals surface area (Å²) in [4.78, 5) is 29.6. The largest absolute Gasteiger partial charge is 0.478 e. The molecule has 0 bridgehead atoms. The fourth-order valence-electron chi connectivity index (χ4n) is 3.89. The zero-order valence-electron chi connectivity index (χ0n) is 19.9. The minimum absolute atomic E-state index is 0.0149. The molecule has 36 heavy (non-hydrogen) atoms. The molecule has 1 aliphatic heterocycles. The third-order valence-electron chi connectivity index (χ3n) is 5.94. The summed E-state index contributed by atoms with van der Waals surface area (Å²) in [7, 11) is 0. The van der Waals surface area contributed by atoms with Gasteiger partial charge in [0.05, 0.1) is 10.7 Å². The van der Waals surface area contributed by atoms with Crippen LogP contribution in [0.2, 0.25) is 15.1 Å². The van der Waals surface area contributed by atoms with Crippen LogP contribution in [0.25, 0.3) is 0 Å². The van der Waals surface area contributed by atoms with Crippen molar-refractivity contribution in [2.24, 2.45) is 0 Å². The van der Waals surface area contributed by atoms with Gasteiger partial charge in [-0.25, -0.2) is 0 Å². The lowest BCUT2D eigenvalue weighted by Gasteiger charge is -2.36. The number of hydrogen-bond acceptors (Lipinski definition) is 4. The van der Waals surface area contributed by atoms with Crippen LogP contribution in [0.1, 0.15) is 24.2 Å². The fraction of sp³-hybridized carbons (Fsp3) is 0.259. The topological polar surface area (TPSA) is 61.9 Å². The van der Waals surface area contributed by atoms with Crippen LogP contribution in [0.4, 0.5) is 11.4 Å².